The molecule has 0 spiro atoms. The fourth-order valence-corrected chi connectivity index (χ4v) is 1.05. The Kier molecular flexibility index (Phi) is 1.99. The van der Waals surface area contributed by atoms with Crippen LogP contribution in [-0.4, -0.2) is 37.5 Å². The van der Waals surface area contributed by atoms with Crippen LogP contribution in [0.15, 0.2) is 0 Å². The zero-order chi connectivity index (χ0) is 7.78. The van der Waals surface area contributed by atoms with Crippen LogP contribution in [0.5, 0.6) is 0 Å². The first-order valence-electron chi connectivity index (χ1n) is 3.59. The third-order valence-electron chi connectivity index (χ3n) is 1.74. The van der Waals surface area contributed by atoms with E-state index in [1.165, 1.54) is 0 Å². The van der Waals surface area contributed by atoms with E-state index >= 15 is 0 Å². The van der Waals surface area contributed by atoms with Crippen molar-refractivity contribution in [3.8, 4) is 0 Å². The van der Waals surface area contributed by atoms with E-state index in [0.717, 1.165) is 6.61 Å². The Morgan fingerprint density at radius 3 is 2.30 bits per heavy atom. The van der Waals surface area contributed by atoms with Gasteiger partial charge in [-0.15, -0.1) is 0 Å². The van der Waals surface area contributed by atoms with Crippen LogP contribution in [0.3, 0.4) is 0 Å². The minimum atomic E-state index is -0.144. The summed E-state index contributed by atoms with van der Waals surface area (Å²) in [5.74, 6) is 0. The maximum Gasteiger partial charge on any atom is 0.114 e. The maximum absolute atomic E-state index is 5.46. The van der Waals surface area contributed by atoms with Crippen LogP contribution in [0.4, 0.5) is 0 Å². The quantitative estimate of drug-likeness (QED) is 0.570. The van der Waals surface area contributed by atoms with Gasteiger partial charge in [-0.05, 0) is 27.9 Å². The SMILES string of the molecule is CN(C)[C@H]1COC(C)(C)N1. The van der Waals surface area contributed by atoms with E-state index in [1.807, 2.05) is 27.9 Å². The van der Waals surface area contributed by atoms with Gasteiger partial charge in [0.15, 0.2) is 0 Å². The van der Waals surface area contributed by atoms with Crippen molar-refractivity contribution in [1.82, 2.24) is 10.2 Å². The molecular formula is C7H16N2O. The van der Waals surface area contributed by atoms with E-state index in [1.54, 1.807) is 0 Å². The van der Waals surface area contributed by atoms with Crippen molar-refractivity contribution in [2.45, 2.75) is 25.7 Å². The fraction of sp³-hybridized carbons (Fsp3) is 1.00. The van der Waals surface area contributed by atoms with Crippen LogP contribution in [0.2, 0.25) is 0 Å². The molecule has 10 heavy (non-hydrogen) atoms. The highest BCUT2D eigenvalue weighted by Gasteiger charge is 2.31. The van der Waals surface area contributed by atoms with Gasteiger partial charge in [0.1, 0.15) is 5.72 Å². The summed E-state index contributed by atoms with van der Waals surface area (Å²) in [6.07, 6.45) is 0.370. The third kappa shape index (κ3) is 1.68. The van der Waals surface area contributed by atoms with Crippen LogP contribution >= 0.6 is 0 Å². The summed E-state index contributed by atoms with van der Waals surface area (Å²) in [6.45, 7) is 4.85. The summed E-state index contributed by atoms with van der Waals surface area (Å²) in [6, 6.07) is 0. The van der Waals surface area contributed by atoms with Crippen LogP contribution in [0.25, 0.3) is 0 Å². The van der Waals surface area contributed by atoms with Gasteiger partial charge in [0.2, 0.25) is 0 Å². The lowest BCUT2D eigenvalue weighted by atomic mass is 10.3. The van der Waals surface area contributed by atoms with E-state index in [4.69, 9.17) is 4.74 Å². The van der Waals surface area contributed by atoms with Crippen molar-refractivity contribution in [3.05, 3.63) is 0 Å². The average molecular weight is 144 g/mol. The zero-order valence-corrected chi connectivity index (χ0v) is 7.14. The molecule has 0 aromatic heterocycles. The molecule has 0 bridgehead atoms. The summed E-state index contributed by atoms with van der Waals surface area (Å²) < 4.78 is 5.46. The molecule has 1 fully saturated rings. The van der Waals surface area contributed by atoms with Crippen LogP contribution in [-0.2, 0) is 4.74 Å². The minimum Gasteiger partial charge on any atom is -0.358 e. The number of rotatable bonds is 1. The summed E-state index contributed by atoms with van der Waals surface area (Å²) in [5.41, 5.74) is -0.144. The van der Waals surface area contributed by atoms with Gasteiger partial charge in [0, 0.05) is 0 Å². The molecule has 0 aromatic carbocycles. The molecule has 1 saturated heterocycles. The summed E-state index contributed by atoms with van der Waals surface area (Å²) in [4.78, 5) is 2.12. The number of ether oxygens (including phenoxy) is 1. The van der Waals surface area contributed by atoms with Gasteiger partial charge < -0.3 is 4.74 Å². The highest BCUT2D eigenvalue weighted by molar-refractivity contribution is 4.79. The molecular weight excluding hydrogens is 128 g/mol. The molecule has 0 unspecified atom stereocenters. The molecule has 1 aliphatic heterocycles. The molecule has 1 aliphatic rings. The van der Waals surface area contributed by atoms with Crippen molar-refractivity contribution < 1.29 is 4.74 Å². The molecule has 1 atom stereocenters. The van der Waals surface area contributed by atoms with Gasteiger partial charge in [-0.2, -0.15) is 0 Å². The molecule has 1 heterocycles. The largest absolute Gasteiger partial charge is 0.358 e. The highest BCUT2D eigenvalue weighted by Crippen LogP contribution is 2.14. The monoisotopic (exact) mass is 144 g/mol. The van der Waals surface area contributed by atoms with Gasteiger partial charge in [-0.3, -0.25) is 10.2 Å². The number of likely N-dealkylation sites (N-methyl/N-ethyl adjacent to an activating group) is 1. The molecule has 0 amide bonds. The lowest BCUT2D eigenvalue weighted by Crippen LogP contribution is -2.45. The standard InChI is InChI=1S/C7H16N2O/c1-7(2)8-6(5-10-7)9(3)4/h6,8H,5H2,1-4H3/t6-/m0/s1. The van der Waals surface area contributed by atoms with Gasteiger partial charge in [0.25, 0.3) is 0 Å². The maximum atomic E-state index is 5.46. The number of nitrogens with one attached hydrogen (secondary N) is 1. The van der Waals surface area contributed by atoms with E-state index in [-0.39, 0.29) is 5.72 Å². The fourth-order valence-electron chi connectivity index (χ4n) is 1.05. The Morgan fingerprint density at radius 1 is 1.50 bits per heavy atom. The first-order chi connectivity index (χ1) is 4.51. The van der Waals surface area contributed by atoms with Crippen molar-refractivity contribution in [2.75, 3.05) is 20.7 Å². The Bertz CT molecular complexity index is 123. The molecule has 1 N–H and O–H groups in total. The lowest BCUT2D eigenvalue weighted by molar-refractivity contribution is 0.0227. The second-order valence-corrected chi connectivity index (χ2v) is 3.45. The highest BCUT2D eigenvalue weighted by atomic mass is 16.5. The van der Waals surface area contributed by atoms with E-state index < -0.39 is 0 Å². The van der Waals surface area contributed by atoms with Gasteiger partial charge in [-0.1, -0.05) is 0 Å². The van der Waals surface area contributed by atoms with Gasteiger partial charge in [-0.25, -0.2) is 0 Å². The van der Waals surface area contributed by atoms with E-state index in [0.29, 0.717) is 6.17 Å². The Morgan fingerprint density at radius 2 is 2.10 bits per heavy atom. The topological polar surface area (TPSA) is 24.5 Å². The lowest BCUT2D eigenvalue weighted by Gasteiger charge is -2.21. The predicted molar refractivity (Wildman–Crippen MR) is 40.6 cm³/mol. The molecule has 0 aliphatic carbocycles. The van der Waals surface area contributed by atoms with Crippen molar-refractivity contribution in [3.63, 3.8) is 0 Å². The minimum absolute atomic E-state index is 0.144. The molecule has 60 valence electrons. The normalized spacial score (nSPS) is 31.5. The zero-order valence-electron chi connectivity index (χ0n) is 7.14. The molecule has 0 radical (unpaired) electrons. The summed E-state index contributed by atoms with van der Waals surface area (Å²) in [7, 11) is 4.09. The summed E-state index contributed by atoms with van der Waals surface area (Å²) >= 11 is 0. The first kappa shape index (κ1) is 7.98. The molecule has 1 rings (SSSR count). The van der Waals surface area contributed by atoms with Gasteiger partial charge >= 0.3 is 0 Å². The third-order valence-corrected chi connectivity index (χ3v) is 1.74. The van der Waals surface area contributed by atoms with Crippen LogP contribution in [0.1, 0.15) is 13.8 Å². The molecule has 3 nitrogen and oxygen atoms in total. The van der Waals surface area contributed by atoms with E-state index in [9.17, 15) is 0 Å². The van der Waals surface area contributed by atoms with Gasteiger partial charge in [0.05, 0.1) is 12.8 Å². The molecule has 0 aromatic rings. The second-order valence-electron chi connectivity index (χ2n) is 3.45. The number of nitrogens with zero attached hydrogens (tertiary/aromatic N) is 1. The first-order valence-corrected chi connectivity index (χ1v) is 3.59. The van der Waals surface area contributed by atoms with Crippen molar-refractivity contribution in [2.24, 2.45) is 0 Å². The van der Waals surface area contributed by atoms with Crippen molar-refractivity contribution in [1.29, 1.82) is 0 Å². The Hall–Kier alpha value is -0.120. The Labute approximate surface area is 62.3 Å². The summed E-state index contributed by atoms with van der Waals surface area (Å²) in [5, 5.41) is 3.33. The molecule has 3 heteroatoms. The van der Waals surface area contributed by atoms with Crippen LogP contribution in [0, 0.1) is 0 Å². The molecule has 0 saturated carbocycles. The smallest absolute Gasteiger partial charge is 0.114 e. The van der Waals surface area contributed by atoms with E-state index in [2.05, 4.69) is 10.2 Å². The number of hydrogen-bond donors (Lipinski definition) is 1. The van der Waals surface area contributed by atoms with Crippen LogP contribution < -0.4 is 5.32 Å². The van der Waals surface area contributed by atoms with Crippen molar-refractivity contribution >= 4 is 0 Å². The Balaban J connectivity index is 2.43. The number of hydrogen-bond acceptors (Lipinski definition) is 3. The predicted octanol–water partition coefficient (Wildman–Crippen LogP) is 0.230. The average Bonchev–Trinajstić information content (AvgIpc) is 2.10. The second kappa shape index (κ2) is 2.49.